The highest BCUT2D eigenvalue weighted by atomic mass is 16.5. The molecule has 2 heterocycles. The summed E-state index contributed by atoms with van der Waals surface area (Å²) >= 11 is 0. The van der Waals surface area contributed by atoms with E-state index < -0.39 is 17.8 Å². The number of carbonyl (C=O) groups excluding carboxylic acids is 2. The molecule has 1 fully saturated rings. The lowest BCUT2D eigenvalue weighted by atomic mass is 9.71. The Morgan fingerprint density at radius 2 is 1.90 bits per heavy atom. The lowest BCUT2D eigenvalue weighted by Crippen LogP contribution is -2.39. The largest absolute Gasteiger partial charge is 0.466 e. The van der Waals surface area contributed by atoms with Gasteiger partial charge in [0.2, 0.25) is 0 Å². The van der Waals surface area contributed by atoms with Gasteiger partial charge in [-0.05, 0) is 44.4 Å². The number of allylic oxidation sites excluding steroid dienone is 1. The van der Waals surface area contributed by atoms with Gasteiger partial charge in [0.1, 0.15) is 17.3 Å². The molecule has 0 N–H and O–H groups in total. The highest BCUT2D eigenvalue weighted by Crippen LogP contribution is 2.43. The van der Waals surface area contributed by atoms with Gasteiger partial charge in [-0.25, -0.2) is 4.79 Å². The number of carbonyl (C=O) groups is 2. The van der Waals surface area contributed by atoms with Gasteiger partial charge in [-0.2, -0.15) is 0 Å². The van der Waals surface area contributed by atoms with Gasteiger partial charge in [-0.3, -0.25) is 9.79 Å². The molecule has 1 aromatic heterocycles. The Morgan fingerprint density at radius 1 is 1.10 bits per heavy atom. The van der Waals surface area contributed by atoms with Crippen molar-refractivity contribution in [3.8, 4) is 0 Å². The van der Waals surface area contributed by atoms with Crippen molar-refractivity contribution in [3.05, 3.63) is 70.8 Å². The van der Waals surface area contributed by atoms with Gasteiger partial charge in [0.25, 0.3) is 0 Å². The van der Waals surface area contributed by atoms with Gasteiger partial charge < -0.3 is 9.15 Å². The summed E-state index contributed by atoms with van der Waals surface area (Å²) in [5, 5.41) is 0. The number of hydrogen-bond acceptors (Lipinski definition) is 5. The molecular formula is C24H25NO4. The normalized spacial score (nSPS) is 21.6. The van der Waals surface area contributed by atoms with Crippen molar-refractivity contribution >= 4 is 17.5 Å². The van der Waals surface area contributed by atoms with Gasteiger partial charge in [-0.1, -0.05) is 30.3 Å². The number of rotatable bonds is 5. The summed E-state index contributed by atoms with van der Waals surface area (Å²) in [5.74, 6) is 0.184. The second kappa shape index (κ2) is 8.19. The minimum Gasteiger partial charge on any atom is -0.466 e. The third-order valence-corrected chi connectivity index (χ3v) is 5.66. The first-order chi connectivity index (χ1) is 14.0. The predicted octanol–water partition coefficient (Wildman–Crippen LogP) is 4.56. The fraction of sp³-hybridized carbons (Fsp3) is 0.375. The van der Waals surface area contributed by atoms with Gasteiger partial charge >= 0.3 is 5.97 Å². The van der Waals surface area contributed by atoms with Gasteiger partial charge in [0.15, 0.2) is 0 Å². The Bertz CT molecular complexity index is 983. The number of hydrogen-bond donors (Lipinski definition) is 0. The summed E-state index contributed by atoms with van der Waals surface area (Å²) < 4.78 is 11.5. The van der Waals surface area contributed by atoms with Crippen molar-refractivity contribution in [1.29, 1.82) is 0 Å². The number of nitrogens with zero attached hydrogens (tertiary/aromatic N) is 1. The second-order valence-corrected chi connectivity index (χ2v) is 7.70. The number of ketones is 1. The number of aryl methyl sites for hydroxylation is 1. The summed E-state index contributed by atoms with van der Waals surface area (Å²) in [6.07, 6.45) is 2.73. The van der Waals surface area contributed by atoms with E-state index in [4.69, 9.17) is 9.15 Å². The fourth-order valence-corrected chi connectivity index (χ4v) is 4.30. The summed E-state index contributed by atoms with van der Waals surface area (Å²) in [7, 11) is 0. The van der Waals surface area contributed by atoms with Crippen LogP contribution >= 0.6 is 0 Å². The van der Waals surface area contributed by atoms with Crippen LogP contribution in [-0.2, 0) is 20.7 Å². The fourth-order valence-electron chi connectivity index (χ4n) is 4.30. The molecule has 1 aliphatic heterocycles. The van der Waals surface area contributed by atoms with Crippen LogP contribution in [0.3, 0.4) is 0 Å². The molecule has 1 aromatic carbocycles. The predicted molar refractivity (Wildman–Crippen MR) is 110 cm³/mol. The Balaban J connectivity index is 1.61. The molecule has 5 heteroatoms. The van der Waals surface area contributed by atoms with Crippen LogP contribution in [0.15, 0.2) is 63.1 Å². The average molecular weight is 391 g/mol. The first-order valence-electron chi connectivity index (χ1n) is 10.1. The Hall–Kier alpha value is -2.95. The van der Waals surface area contributed by atoms with Crippen LogP contribution in [0, 0.1) is 12.8 Å². The van der Waals surface area contributed by atoms with Crippen molar-refractivity contribution in [2.75, 3.05) is 6.61 Å². The Morgan fingerprint density at radius 3 is 2.62 bits per heavy atom. The maximum absolute atomic E-state index is 13.1. The van der Waals surface area contributed by atoms with E-state index in [0.29, 0.717) is 29.9 Å². The van der Waals surface area contributed by atoms with E-state index >= 15 is 0 Å². The molecule has 29 heavy (non-hydrogen) atoms. The number of ether oxygens (including phenoxy) is 1. The van der Waals surface area contributed by atoms with E-state index in [-0.39, 0.29) is 12.4 Å². The summed E-state index contributed by atoms with van der Waals surface area (Å²) in [6, 6.07) is 13.6. The summed E-state index contributed by atoms with van der Waals surface area (Å²) in [6.45, 7) is 3.95. The van der Waals surface area contributed by atoms with E-state index in [1.165, 1.54) is 0 Å². The molecule has 2 atom stereocenters. The standard InChI is InChI=1S/C24H25NO4/c1-15-11-12-20(29-15)23-21(16(2)25-18-9-6-10-19(26)22(18)23)24(27)28-14-13-17-7-4-3-5-8-17/h3-5,7-8,11-12,22-23H,6,9-10,13-14H2,1-2H3/t22?,23-/m0/s1. The topological polar surface area (TPSA) is 68.9 Å². The van der Waals surface area contributed by atoms with E-state index in [1.54, 1.807) is 0 Å². The molecule has 1 saturated carbocycles. The number of furan rings is 1. The molecule has 0 amide bonds. The van der Waals surface area contributed by atoms with Crippen LogP contribution in [0.2, 0.25) is 0 Å². The molecule has 0 bridgehead atoms. The third-order valence-electron chi connectivity index (χ3n) is 5.66. The number of aliphatic imine (C=N–C) groups is 1. The molecule has 150 valence electrons. The maximum Gasteiger partial charge on any atom is 0.336 e. The van der Waals surface area contributed by atoms with Crippen LogP contribution in [0.1, 0.15) is 49.2 Å². The van der Waals surface area contributed by atoms with Crippen molar-refractivity contribution in [2.45, 2.75) is 45.4 Å². The molecular weight excluding hydrogens is 366 g/mol. The number of esters is 1. The number of benzene rings is 1. The second-order valence-electron chi connectivity index (χ2n) is 7.70. The van der Waals surface area contributed by atoms with Crippen LogP contribution in [-0.4, -0.2) is 24.1 Å². The van der Waals surface area contributed by atoms with Crippen molar-refractivity contribution in [1.82, 2.24) is 0 Å². The zero-order valence-electron chi connectivity index (χ0n) is 16.8. The van der Waals surface area contributed by atoms with E-state index in [2.05, 4.69) is 4.99 Å². The highest BCUT2D eigenvalue weighted by molar-refractivity contribution is 6.11. The average Bonchev–Trinajstić information content (AvgIpc) is 3.14. The van der Waals surface area contributed by atoms with E-state index in [1.807, 2.05) is 56.3 Å². The van der Waals surface area contributed by atoms with Crippen molar-refractivity contribution in [2.24, 2.45) is 10.9 Å². The smallest absolute Gasteiger partial charge is 0.336 e. The van der Waals surface area contributed by atoms with Gasteiger partial charge in [-0.15, -0.1) is 0 Å². The number of Topliss-reactive ketones (excluding diaryl/α,β-unsaturated/α-hetero) is 1. The highest BCUT2D eigenvalue weighted by Gasteiger charge is 2.45. The minimum absolute atomic E-state index is 0.121. The number of fused-ring (bicyclic) bond motifs is 1. The molecule has 1 unspecified atom stereocenters. The zero-order chi connectivity index (χ0) is 20.4. The Kier molecular flexibility index (Phi) is 5.47. The van der Waals surface area contributed by atoms with E-state index in [0.717, 1.165) is 29.9 Å². The van der Waals surface area contributed by atoms with Crippen LogP contribution in [0.5, 0.6) is 0 Å². The SMILES string of the molecule is CC1=C(C(=O)OCCc2ccccc2)[C@H](c2ccc(C)o2)C2C(=O)CCCC2=N1. The maximum atomic E-state index is 13.1. The zero-order valence-corrected chi connectivity index (χ0v) is 16.8. The minimum atomic E-state index is -0.465. The van der Waals surface area contributed by atoms with Crippen molar-refractivity contribution < 1.29 is 18.7 Å². The first-order valence-corrected chi connectivity index (χ1v) is 10.1. The molecule has 2 aromatic rings. The summed E-state index contributed by atoms with van der Waals surface area (Å²) in [5.41, 5.74) is 3.03. The summed E-state index contributed by atoms with van der Waals surface area (Å²) in [4.78, 5) is 30.5. The van der Waals surface area contributed by atoms with Crippen molar-refractivity contribution in [3.63, 3.8) is 0 Å². The molecule has 4 rings (SSSR count). The van der Waals surface area contributed by atoms with Gasteiger partial charge in [0, 0.05) is 24.3 Å². The van der Waals surface area contributed by atoms with Crippen LogP contribution < -0.4 is 0 Å². The lowest BCUT2D eigenvalue weighted by molar-refractivity contribution is -0.139. The molecule has 1 aliphatic carbocycles. The molecule has 2 aliphatic rings. The molecule has 0 saturated heterocycles. The quantitative estimate of drug-likeness (QED) is 0.701. The van der Waals surface area contributed by atoms with Crippen LogP contribution in [0.25, 0.3) is 0 Å². The van der Waals surface area contributed by atoms with Crippen LogP contribution in [0.4, 0.5) is 0 Å². The lowest BCUT2D eigenvalue weighted by Gasteiger charge is -2.34. The van der Waals surface area contributed by atoms with Gasteiger partial charge in [0.05, 0.1) is 24.0 Å². The van der Waals surface area contributed by atoms with E-state index in [9.17, 15) is 9.59 Å². The Labute approximate surface area is 170 Å². The third kappa shape index (κ3) is 3.95. The molecule has 5 nitrogen and oxygen atoms in total. The first kappa shape index (κ1) is 19.4. The molecule has 0 spiro atoms. The monoisotopic (exact) mass is 391 g/mol. The molecule has 0 radical (unpaired) electrons.